The predicted octanol–water partition coefficient (Wildman–Crippen LogP) is 2.79. The van der Waals surface area contributed by atoms with Crippen molar-refractivity contribution in [3.05, 3.63) is 41.2 Å². The Morgan fingerprint density at radius 2 is 1.95 bits per heavy atom. The minimum Gasteiger partial charge on any atom is -0.349 e. The highest BCUT2D eigenvalue weighted by molar-refractivity contribution is 7.99. The van der Waals surface area contributed by atoms with E-state index in [0.717, 1.165) is 23.0 Å². The predicted molar refractivity (Wildman–Crippen MR) is 88.8 cm³/mol. The molecule has 1 heterocycles. The van der Waals surface area contributed by atoms with Crippen LogP contribution in [0.1, 0.15) is 36.3 Å². The van der Waals surface area contributed by atoms with E-state index in [1.807, 2.05) is 18.5 Å². The van der Waals surface area contributed by atoms with Crippen molar-refractivity contribution in [3.63, 3.8) is 0 Å². The molecule has 6 heteroatoms. The van der Waals surface area contributed by atoms with Crippen LogP contribution in [0, 0.1) is 13.8 Å². The number of thioether (sulfide) groups is 1. The summed E-state index contributed by atoms with van der Waals surface area (Å²) in [5, 5.41) is 11.9. The lowest BCUT2D eigenvalue weighted by molar-refractivity contribution is -0.119. The fourth-order valence-electron chi connectivity index (χ4n) is 2.10. The molecule has 0 bridgehead atoms. The van der Waals surface area contributed by atoms with Crippen LogP contribution >= 0.6 is 11.8 Å². The van der Waals surface area contributed by atoms with Crippen molar-refractivity contribution in [1.29, 1.82) is 0 Å². The Labute approximate surface area is 135 Å². The number of aromatic nitrogens is 3. The maximum atomic E-state index is 12.2. The molecular formula is C16H22N4OS. The SMILES string of the molecule is CC[C@H](NC(=O)CSc1nnc(C)n1C)c1ccc(C)cc1. The van der Waals surface area contributed by atoms with Gasteiger partial charge in [0.25, 0.3) is 0 Å². The number of aryl methyl sites for hydroxylation is 2. The lowest BCUT2D eigenvalue weighted by atomic mass is 10.0. The topological polar surface area (TPSA) is 59.8 Å². The second-order valence-electron chi connectivity index (χ2n) is 5.32. The van der Waals surface area contributed by atoms with E-state index in [0.29, 0.717) is 5.75 Å². The van der Waals surface area contributed by atoms with Crippen LogP contribution in [-0.4, -0.2) is 26.4 Å². The van der Waals surface area contributed by atoms with E-state index in [4.69, 9.17) is 0 Å². The van der Waals surface area contributed by atoms with Crippen molar-refractivity contribution in [1.82, 2.24) is 20.1 Å². The molecule has 2 aromatic rings. The van der Waals surface area contributed by atoms with Gasteiger partial charge in [-0.1, -0.05) is 48.5 Å². The lowest BCUT2D eigenvalue weighted by Gasteiger charge is -2.17. The molecule has 5 nitrogen and oxygen atoms in total. The average Bonchev–Trinajstić information content (AvgIpc) is 2.83. The number of carbonyl (C=O) groups is 1. The molecule has 0 radical (unpaired) electrons. The molecule has 1 atom stereocenters. The molecule has 118 valence electrons. The van der Waals surface area contributed by atoms with Gasteiger partial charge in [0, 0.05) is 7.05 Å². The number of hydrogen-bond acceptors (Lipinski definition) is 4. The molecule has 0 aliphatic rings. The van der Waals surface area contributed by atoms with Gasteiger partial charge >= 0.3 is 0 Å². The standard InChI is InChI=1S/C16H22N4OS/c1-5-14(13-8-6-11(2)7-9-13)17-15(21)10-22-16-19-18-12(3)20(16)4/h6-9,14H,5,10H2,1-4H3,(H,17,21)/t14-/m0/s1. The minimum absolute atomic E-state index is 0.0121. The summed E-state index contributed by atoms with van der Waals surface area (Å²) >= 11 is 1.40. The van der Waals surface area contributed by atoms with Gasteiger partial charge in [-0.3, -0.25) is 4.79 Å². The summed E-state index contributed by atoms with van der Waals surface area (Å²) in [6.07, 6.45) is 0.864. The van der Waals surface area contributed by atoms with Gasteiger partial charge in [-0.25, -0.2) is 0 Å². The number of benzene rings is 1. The number of nitrogens with one attached hydrogen (secondary N) is 1. The number of hydrogen-bond donors (Lipinski definition) is 1. The van der Waals surface area contributed by atoms with Crippen molar-refractivity contribution in [2.75, 3.05) is 5.75 Å². The van der Waals surface area contributed by atoms with Gasteiger partial charge in [-0.15, -0.1) is 10.2 Å². The molecule has 2 rings (SSSR count). The van der Waals surface area contributed by atoms with Gasteiger partial charge in [-0.05, 0) is 25.8 Å². The van der Waals surface area contributed by atoms with Crippen LogP contribution in [0.3, 0.4) is 0 Å². The Kier molecular flexibility index (Phi) is 5.60. The van der Waals surface area contributed by atoms with Gasteiger partial charge in [0.15, 0.2) is 5.16 Å². The number of nitrogens with zero attached hydrogens (tertiary/aromatic N) is 3. The maximum absolute atomic E-state index is 12.2. The largest absolute Gasteiger partial charge is 0.349 e. The van der Waals surface area contributed by atoms with E-state index >= 15 is 0 Å². The van der Waals surface area contributed by atoms with Crippen LogP contribution in [0.2, 0.25) is 0 Å². The fourth-order valence-corrected chi connectivity index (χ4v) is 2.87. The first-order valence-electron chi connectivity index (χ1n) is 7.36. The van der Waals surface area contributed by atoms with E-state index in [-0.39, 0.29) is 11.9 Å². The second kappa shape index (κ2) is 7.45. The summed E-state index contributed by atoms with van der Waals surface area (Å²) in [5.41, 5.74) is 2.36. The van der Waals surface area contributed by atoms with Crippen LogP contribution in [-0.2, 0) is 11.8 Å². The maximum Gasteiger partial charge on any atom is 0.230 e. The normalized spacial score (nSPS) is 12.2. The van der Waals surface area contributed by atoms with E-state index in [1.54, 1.807) is 0 Å². The third-order valence-corrected chi connectivity index (χ3v) is 4.63. The molecular weight excluding hydrogens is 296 g/mol. The van der Waals surface area contributed by atoms with Crippen molar-refractivity contribution >= 4 is 17.7 Å². The van der Waals surface area contributed by atoms with E-state index in [9.17, 15) is 4.79 Å². The zero-order valence-electron chi connectivity index (χ0n) is 13.5. The molecule has 22 heavy (non-hydrogen) atoms. The Hall–Kier alpha value is -1.82. The third-order valence-electron chi connectivity index (χ3n) is 3.61. The van der Waals surface area contributed by atoms with Gasteiger partial charge in [0.05, 0.1) is 11.8 Å². The molecule has 0 aliphatic carbocycles. The summed E-state index contributed by atoms with van der Waals surface area (Å²) in [4.78, 5) is 12.2. The van der Waals surface area contributed by atoms with Crippen molar-refractivity contribution in [2.45, 2.75) is 38.4 Å². The molecule has 0 spiro atoms. The Morgan fingerprint density at radius 3 is 2.50 bits per heavy atom. The molecule has 0 aliphatic heterocycles. The third kappa shape index (κ3) is 4.10. The monoisotopic (exact) mass is 318 g/mol. The zero-order valence-corrected chi connectivity index (χ0v) is 14.3. The van der Waals surface area contributed by atoms with Gasteiger partial charge in [0.1, 0.15) is 5.82 Å². The van der Waals surface area contributed by atoms with Crippen LogP contribution < -0.4 is 5.32 Å². The van der Waals surface area contributed by atoms with Gasteiger partial charge in [-0.2, -0.15) is 0 Å². The highest BCUT2D eigenvalue weighted by Crippen LogP contribution is 2.19. The summed E-state index contributed by atoms with van der Waals surface area (Å²) < 4.78 is 1.88. The summed E-state index contributed by atoms with van der Waals surface area (Å²) in [5.74, 6) is 1.20. The van der Waals surface area contributed by atoms with Gasteiger partial charge < -0.3 is 9.88 Å². The highest BCUT2D eigenvalue weighted by atomic mass is 32.2. The van der Waals surface area contributed by atoms with E-state index in [1.165, 1.54) is 17.3 Å². The van der Waals surface area contributed by atoms with Crippen LogP contribution in [0.15, 0.2) is 29.4 Å². The summed E-state index contributed by atoms with van der Waals surface area (Å²) in [7, 11) is 1.90. The van der Waals surface area contributed by atoms with Crippen LogP contribution in [0.25, 0.3) is 0 Å². The molecule has 1 aromatic heterocycles. The Balaban J connectivity index is 1.92. The molecule has 1 N–H and O–H groups in total. The van der Waals surface area contributed by atoms with Crippen molar-refractivity contribution < 1.29 is 4.79 Å². The highest BCUT2D eigenvalue weighted by Gasteiger charge is 2.14. The first kappa shape index (κ1) is 16.5. The first-order chi connectivity index (χ1) is 10.5. The number of rotatable bonds is 6. The zero-order chi connectivity index (χ0) is 16.1. The lowest BCUT2D eigenvalue weighted by Crippen LogP contribution is -2.29. The summed E-state index contributed by atoms with van der Waals surface area (Å²) in [6.45, 7) is 6.02. The molecule has 1 aromatic carbocycles. The van der Waals surface area contributed by atoms with E-state index in [2.05, 4.69) is 53.6 Å². The first-order valence-corrected chi connectivity index (χ1v) is 8.34. The summed E-state index contributed by atoms with van der Waals surface area (Å²) in [6, 6.07) is 8.34. The average molecular weight is 318 g/mol. The van der Waals surface area contributed by atoms with Crippen molar-refractivity contribution in [2.24, 2.45) is 7.05 Å². The Morgan fingerprint density at radius 1 is 1.27 bits per heavy atom. The van der Waals surface area contributed by atoms with Gasteiger partial charge in [0.2, 0.25) is 5.91 Å². The fraction of sp³-hybridized carbons (Fsp3) is 0.438. The van der Waals surface area contributed by atoms with Crippen molar-refractivity contribution in [3.8, 4) is 0 Å². The second-order valence-corrected chi connectivity index (χ2v) is 6.26. The van der Waals surface area contributed by atoms with E-state index < -0.39 is 0 Å². The molecule has 0 unspecified atom stereocenters. The molecule has 1 amide bonds. The van der Waals surface area contributed by atoms with Crippen LogP contribution in [0.5, 0.6) is 0 Å². The number of carbonyl (C=O) groups excluding carboxylic acids is 1. The molecule has 0 fully saturated rings. The number of amides is 1. The quantitative estimate of drug-likeness (QED) is 0.832. The minimum atomic E-state index is 0.0121. The smallest absolute Gasteiger partial charge is 0.230 e. The Bertz CT molecular complexity index is 636. The molecule has 0 saturated heterocycles. The molecule has 0 saturated carbocycles. The van der Waals surface area contributed by atoms with Crippen LogP contribution in [0.4, 0.5) is 0 Å².